The smallest absolute Gasteiger partial charge is 0.409 e. The quantitative estimate of drug-likeness (QED) is 0.793. The van der Waals surface area contributed by atoms with Crippen LogP contribution in [0.5, 0.6) is 0 Å². The Labute approximate surface area is 94.9 Å². The molecular weight excluding hydrogens is 260 g/mol. The van der Waals surface area contributed by atoms with Gasteiger partial charge in [-0.3, -0.25) is 4.90 Å². The Bertz CT molecular complexity index is 451. The summed E-state index contributed by atoms with van der Waals surface area (Å²) < 4.78 is 0.905. The Hall–Kier alpha value is -1.54. The summed E-state index contributed by atoms with van der Waals surface area (Å²) in [5.41, 5.74) is -0.248. The summed E-state index contributed by atoms with van der Waals surface area (Å²) in [4.78, 5) is 11.9. The fourth-order valence-corrected chi connectivity index (χ4v) is 1.82. The van der Waals surface area contributed by atoms with Gasteiger partial charge in [0.25, 0.3) is 0 Å². The Morgan fingerprint density at radius 1 is 1.53 bits per heavy atom. The Morgan fingerprint density at radius 3 is 2.53 bits per heavy atom. The van der Waals surface area contributed by atoms with Gasteiger partial charge in [0.15, 0.2) is 5.54 Å². The molecule has 0 spiro atoms. The molecule has 1 aliphatic rings. The second-order valence-corrected chi connectivity index (χ2v) is 4.26. The van der Waals surface area contributed by atoms with Crippen LogP contribution in [0, 0.1) is 11.3 Å². The summed E-state index contributed by atoms with van der Waals surface area (Å²) in [6, 6.07) is 9.17. The van der Waals surface area contributed by atoms with Crippen molar-refractivity contribution in [2.75, 3.05) is 6.54 Å². The molecule has 1 aromatic rings. The SMILES string of the molecule is N#CC1(c2ccc(Br)cc2)CN1C(=O)O. The highest BCUT2D eigenvalue weighted by molar-refractivity contribution is 9.10. The summed E-state index contributed by atoms with van der Waals surface area (Å²) >= 11 is 3.29. The van der Waals surface area contributed by atoms with Crippen molar-refractivity contribution in [2.24, 2.45) is 0 Å². The van der Waals surface area contributed by atoms with E-state index in [1.165, 1.54) is 0 Å². The number of hydrogen-bond acceptors (Lipinski definition) is 2. The average molecular weight is 267 g/mol. The maximum Gasteiger partial charge on any atom is 0.409 e. The van der Waals surface area contributed by atoms with E-state index in [2.05, 4.69) is 15.9 Å². The van der Waals surface area contributed by atoms with E-state index in [1.807, 2.05) is 6.07 Å². The highest BCUT2D eigenvalue weighted by Gasteiger charge is 2.57. The highest BCUT2D eigenvalue weighted by Crippen LogP contribution is 2.42. The maximum absolute atomic E-state index is 10.7. The topological polar surface area (TPSA) is 64.1 Å². The van der Waals surface area contributed by atoms with Crippen molar-refractivity contribution in [3.8, 4) is 6.07 Å². The zero-order valence-electron chi connectivity index (χ0n) is 7.64. The minimum absolute atomic E-state index is 0.250. The molecule has 0 saturated carbocycles. The molecule has 1 amide bonds. The van der Waals surface area contributed by atoms with Gasteiger partial charge in [-0.25, -0.2) is 4.79 Å². The fourth-order valence-electron chi connectivity index (χ4n) is 1.56. The number of amides is 1. The molecule has 76 valence electrons. The van der Waals surface area contributed by atoms with E-state index in [9.17, 15) is 4.79 Å². The number of hydrogen-bond donors (Lipinski definition) is 1. The third-order valence-corrected chi connectivity index (χ3v) is 3.01. The summed E-state index contributed by atoms with van der Waals surface area (Å²) in [5.74, 6) is 0. The van der Waals surface area contributed by atoms with Gasteiger partial charge in [-0.15, -0.1) is 0 Å². The van der Waals surface area contributed by atoms with Crippen LogP contribution in [0.2, 0.25) is 0 Å². The minimum Gasteiger partial charge on any atom is -0.465 e. The monoisotopic (exact) mass is 266 g/mol. The van der Waals surface area contributed by atoms with Gasteiger partial charge in [-0.2, -0.15) is 5.26 Å². The second-order valence-electron chi connectivity index (χ2n) is 3.35. The molecule has 1 aliphatic heterocycles. The Balaban J connectivity index is 2.35. The molecule has 4 nitrogen and oxygen atoms in total. The second kappa shape index (κ2) is 3.24. The zero-order chi connectivity index (χ0) is 11.1. The first-order valence-corrected chi connectivity index (χ1v) is 5.07. The predicted molar refractivity (Wildman–Crippen MR) is 56.2 cm³/mol. The van der Waals surface area contributed by atoms with Gasteiger partial charge in [-0.1, -0.05) is 28.1 Å². The van der Waals surface area contributed by atoms with Crippen LogP contribution in [0.25, 0.3) is 0 Å². The lowest BCUT2D eigenvalue weighted by Gasteiger charge is -2.07. The molecule has 1 unspecified atom stereocenters. The van der Waals surface area contributed by atoms with Crippen LogP contribution >= 0.6 is 15.9 Å². The van der Waals surface area contributed by atoms with Crippen molar-refractivity contribution in [3.63, 3.8) is 0 Å². The van der Waals surface area contributed by atoms with E-state index >= 15 is 0 Å². The lowest BCUT2D eigenvalue weighted by Crippen LogP contribution is -2.18. The molecule has 0 aliphatic carbocycles. The number of carboxylic acid groups (broad SMARTS) is 1. The van der Waals surface area contributed by atoms with Crippen LogP contribution in [0.1, 0.15) is 5.56 Å². The third kappa shape index (κ3) is 1.47. The molecule has 0 bridgehead atoms. The number of halogens is 1. The molecule has 1 fully saturated rings. The molecule has 5 heteroatoms. The third-order valence-electron chi connectivity index (χ3n) is 2.48. The standard InChI is InChI=1S/C10H7BrN2O2/c11-8-3-1-7(2-4-8)10(5-12)6-13(10)9(14)15/h1-4H,6H2,(H,14,15). The van der Waals surface area contributed by atoms with Crippen LogP contribution in [0.3, 0.4) is 0 Å². The lowest BCUT2D eigenvalue weighted by atomic mass is 10.0. The lowest BCUT2D eigenvalue weighted by molar-refractivity contribution is 0.173. The van der Waals surface area contributed by atoms with Crippen molar-refractivity contribution in [1.29, 1.82) is 5.26 Å². The molecule has 1 atom stereocenters. The van der Waals surface area contributed by atoms with Gasteiger partial charge in [0.05, 0.1) is 12.6 Å². The van der Waals surface area contributed by atoms with Crippen LogP contribution in [0.15, 0.2) is 28.7 Å². The zero-order valence-corrected chi connectivity index (χ0v) is 9.23. The van der Waals surface area contributed by atoms with E-state index in [0.717, 1.165) is 14.9 Å². The fraction of sp³-hybridized carbons (Fsp3) is 0.200. The normalized spacial score (nSPS) is 23.3. The van der Waals surface area contributed by atoms with Gasteiger partial charge >= 0.3 is 6.09 Å². The number of nitrogens with zero attached hydrogens (tertiary/aromatic N) is 2. The summed E-state index contributed by atoms with van der Waals surface area (Å²) in [5, 5.41) is 17.8. The van der Waals surface area contributed by atoms with Crippen LogP contribution < -0.4 is 0 Å². The largest absolute Gasteiger partial charge is 0.465 e. The number of nitriles is 1. The minimum atomic E-state index is -1.06. The molecule has 1 saturated heterocycles. The van der Waals surface area contributed by atoms with Crippen molar-refractivity contribution in [2.45, 2.75) is 5.54 Å². The van der Waals surface area contributed by atoms with E-state index in [-0.39, 0.29) is 6.54 Å². The van der Waals surface area contributed by atoms with Crippen LogP contribution in [-0.4, -0.2) is 22.6 Å². The summed E-state index contributed by atoms with van der Waals surface area (Å²) in [6.07, 6.45) is -1.06. The first-order valence-electron chi connectivity index (χ1n) is 4.28. The van der Waals surface area contributed by atoms with Gasteiger partial charge in [-0.05, 0) is 17.7 Å². The number of rotatable bonds is 1. The van der Waals surface area contributed by atoms with Gasteiger partial charge < -0.3 is 5.11 Å². The molecule has 0 aromatic heterocycles. The molecule has 1 N–H and O–H groups in total. The van der Waals surface area contributed by atoms with E-state index in [4.69, 9.17) is 10.4 Å². The average Bonchev–Trinajstić information content (AvgIpc) is 2.95. The van der Waals surface area contributed by atoms with E-state index in [0.29, 0.717) is 0 Å². The Morgan fingerprint density at radius 2 is 2.13 bits per heavy atom. The molecule has 15 heavy (non-hydrogen) atoms. The Kier molecular flexibility index (Phi) is 2.16. The van der Waals surface area contributed by atoms with Gasteiger partial charge in [0, 0.05) is 4.47 Å². The van der Waals surface area contributed by atoms with Crippen molar-refractivity contribution < 1.29 is 9.90 Å². The van der Waals surface area contributed by atoms with E-state index < -0.39 is 11.6 Å². The molecule has 1 heterocycles. The first kappa shape index (κ1) is 9.99. The molecule has 1 aromatic carbocycles. The predicted octanol–water partition coefficient (Wildman–Crippen LogP) is 2.16. The number of carbonyl (C=O) groups is 1. The highest BCUT2D eigenvalue weighted by atomic mass is 79.9. The van der Waals surface area contributed by atoms with Crippen molar-refractivity contribution >= 4 is 22.0 Å². The van der Waals surface area contributed by atoms with Gasteiger partial charge in [0.1, 0.15) is 0 Å². The first-order chi connectivity index (χ1) is 7.10. The van der Waals surface area contributed by atoms with E-state index in [1.54, 1.807) is 24.3 Å². The number of benzene rings is 1. The summed E-state index contributed by atoms with van der Waals surface area (Å²) in [7, 11) is 0. The summed E-state index contributed by atoms with van der Waals surface area (Å²) in [6.45, 7) is 0.250. The van der Waals surface area contributed by atoms with Crippen LogP contribution in [0.4, 0.5) is 4.79 Å². The molecule has 2 rings (SSSR count). The van der Waals surface area contributed by atoms with Crippen molar-refractivity contribution in [3.05, 3.63) is 34.3 Å². The maximum atomic E-state index is 10.7. The van der Waals surface area contributed by atoms with Crippen LogP contribution in [-0.2, 0) is 5.54 Å². The molecular formula is C10H7BrN2O2. The van der Waals surface area contributed by atoms with Crippen molar-refractivity contribution in [1.82, 2.24) is 4.90 Å². The molecule has 0 radical (unpaired) electrons. The van der Waals surface area contributed by atoms with Gasteiger partial charge in [0.2, 0.25) is 0 Å².